The normalized spacial score (nSPS) is 11.3. The quantitative estimate of drug-likeness (QED) is 0.348. The van der Waals surface area contributed by atoms with Crippen molar-refractivity contribution >= 4 is 36.0 Å². The SMILES string of the molecule is CCN(CCNC(=NC)NCc1ccc(OC)cc1)C(=O)OC(C)(C)C.I. The number of rotatable bonds is 7. The Balaban J connectivity index is 0.00000676. The van der Waals surface area contributed by atoms with Gasteiger partial charge in [0.1, 0.15) is 11.4 Å². The number of aliphatic imine (C=N–C) groups is 1. The third-order valence-electron chi connectivity index (χ3n) is 3.55. The summed E-state index contributed by atoms with van der Waals surface area (Å²) in [6.07, 6.45) is -0.303. The molecule has 0 atom stereocenters. The van der Waals surface area contributed by atoms with E-state index in [-0.39, 0.29) is 30.1 Å². The number of nitrogens with one attached hydrogen (secondary N) is 2. The summed E-state index contributed by atoms with van der Waals surface area (Å²) in [4.78, 5) is 18.0. The lowest BCUT2D eigenvalue weighted by Gasteiger charge is -2.26. The molecule has 0 saturated heterocycles. The summed E-state index contributed by atoms with van der Waals surface area (Å²) in [5.74, 6) is 1.51. The molecule has 0 fully saturated rings. The summed E-state index contributed by atoms with van der Waals surface area (Å²) in [6, 6.07) is 7.85. The maximum atomic E-state index is 12.1. The molecule has 1 aromatic rings. The molecule has 0 spiro atoms. The van der Waals surface area contributed by atoms with Crippen LogP contribution in [0.15, 0.2) is 29.3 Å². The van der Waals surface area contributed by atoms with Gasteiger partial charge in [-0.1, -0.05) is 12.1 Å². The van der Waals surface area contributed by atoms with Gasteiger partial charge < -0.3 is 25.0 Å². The second-order valence-corrected chi connectivity index (χ2v) is 6.76. The maximum absolute atomic E-state index is 12.1. The monoisotopic (exact) mass is 492 g/mol. The lowest BCUT2D eigenvalue weighted by Crippen LogP contribution is -2.44. The molecule has 0 aromatic heterocycles. The number of carbonyl (C=O) groups is 1. The second kappa shape index (κ2) is 12.6. The number of halogens is 1. The van der Waals surface area contributed by atoms with E-state index in [2.05, 4.69) is 15.6 Å². The summed E-state index contributed by atoms with van der Waals surface area (Å²) >= 11 is 0. The Morgan fingerprint density at radius 2 is 1.81 bits per heavy atom. The highest BCUT2D eigenvalue weighted by molar-refractivity contribution is 14.0. The Kier molecular flexibility index (Phi) is 11.8. The number of hydrogen-bond acceptors (Lipinski definition) is 4. The van der Waals surface area contributed by atoms with Gasteiger partial charge in [0.05, 0.1) is 7.11 Å². The van der Waals surface area contributed by atoms with Crippen LogP contribution in [-0.4, -0.2) is 56.3 Å². The number of amides is 1. The highest BCUT2D eigenvalue weighted by Gasteiger charge is 2.20. The standard InChI is InChI=1S/C19H32N4O3.HI/c1-7-23(18(24)26-19(2,3)4)13-12-21-17(20-5)22-14-15-8-10-16(25-6)11-9-15;/h8-11H,7,12-14H2,1-6H3,(H2,20,21,22);1H. The van der Waals surface area contributed by atoms with Gasteiger partial charge in [0.25, 0.3) is 0 Å². The van der Waals surface area contributed by atoms with Crippen molar-refractivity contribution in [2.75, 3.05) is 33.8 Å². The van der Waals surface area contributed by atoms with Crippen LogP contribution in [0.5, 0.6) is 5.75 Å². The molecule has 154 valence electrons. The topological polar surface area (TPSA) is 75.2 Å². The summed E-state index contributed by atoms with van der Waals surface area (Å²) < 4.78 is 10.6. The van der Waals surface area contributed by atoms with Crippen molar-refractivity contribution in [3.8, 4) is 5.75 Å². The molecule has 0 bridgehead atoms. The van der Waals surface area contributed by atoms with E-state index in [1.54, 1.807) is 19.1 Å². The largest absolute Gasteiger partial charge is 0.497 e. The van der Waals surface area contributed by atoms with Crippen LogP contribution in [0.2, 0.25) is 0 Å². The van der Waals surface area contributed by atoms with E-state index >= 15 is 0 Å². The Morgan fingerprint density at radius 3 is 2.30 bits per heavy atom. The molecule has 1 aromatic carbocycles. The molecule has 27 heavy (non-hydrogen) atoms. The number of nitrogens with zero attached hydrogens (tertiary/aromatic N) is 2. The van der Waals surface area contributed by atoms with E-state index < -0.39 is 5.60 Å². The van der Waals surface area contributed by atoms with Gasteiger partial charge >= 0.3 is 6.09 Å². The third-order valence-corrected chi connectivity index (χ3v) is 3.55. The zero-order valence-electron chi connectivity index (χ0n) is 17.2. The summed E-state index contributed by atoms with van der Waals surface area (Å²) in [7, 11) is 3.37. The van der Waals surface area contributed by atoms with Gasteiger partial charge in [-0.2, -0.15) is 0 Å². The van der Waals surface area contributed by atoms with Crippen LogP contribution >= 0.6 is 24.0 Å². The minimum atomic E-state index is -0.492. The highest BCUT2D eigenvalue weighted by atomic mass is 127. The van der Waals surface area contributed by atoms with Crippen molar-refractivity contribution in [3.05, 3.63) is 29.8 Å². The number of carbonyl (C=O) groups excluding carboxylic acids is 1. The lowest BCUT2D eigenvalue weighted by atomic mass is 10.2. The molecule has 8 heteroatoms. The highest BCUT2D eigenvalue weighted by Crippen LogP contribution is 2.11. The Hall–Kier alpha value is -1.71. The number of guanidine groups is 1. The maximum Gasteiger partial charge on any atom is 0.410 e. The third kappa shape index (κ3) is 10.3. The van der Waals surface area contributed by atoms with Crippen molar-refractivity contribution in [2.45, 2.75) is 39.8 Å². The fourth-order valence-corrected chi connectivity index (χ4v) is 2.16. The predicted octanol–water partition coefficient (Wildman–Crippen LogP) is 3.24. The first-order valence-electron chi connectivity index (χ1n) is 8.84. The van der Waals surface area contributed by atoms with Crippen LogP contribution in [-0.2, 0) is 11.3 Å². The van der Waals surface area contributed by atoms with E-state index in [1.807, 2.05) is 52.0 Å². The Morgan fingerprint density at radius 1 is 1.19 bits per heavy atom. The molecule has 0 saturated carbocycles. The van der Waals surface area contributed by atoms with Crippen LogP contribution in [0.1, 0.15) is 33.3 Å². The molecule has 0 unspecified atom stereocenters. The molecule has 7 nitrogen and oxygen atoms in total. The van der Waals surface area contributed by atoms with Crippen molar-refractivity contribution in [1.82, 2.24) is 15.5 Å². The average molecular weight is 492 g/mol. The summed E-state index contributed by atoms with van der Waals surface area (Å²) in [6.45, 7) is 9.87. The molecule has 0 heterocycles. The zero-order chi connectivity index (χ0) is 19.6. The Bertz CT molecular complexity index is 586. The number of ether oxygens (including phenoxy) is 2. The zero-order valence-corrected chi connectivity index (χ0v) is 19.5. The first kappa shape index (κ1) is 25.3. The fourth-order valence-electron chi connectivity index (χ4n) is 2.16. The number of methoxy groups -OCH3 is 1. The molecule has 1 amide bonds. The summed E-state index contributed by atoms with van der Waals surface area (Å²) in [5, 5.41) is 6.46. The van der Waals surface area contributed by atoms with Gasteiger partial charge in [-0.3, -0.25) is 4.99 Å². The minimum Gasteiger partial charge on any atom is -0.497 e. The molecule has 0 aliphatic rings. The van der Waals surface area contributed by atoms with Crippen molar-refractivity contribution in [2.24, 2.45) is 4.99 Å². The van der Waals surface area contributed by atoms with E-state index in [9.17, 15) is 4.79 Å². The van der Waals surface area contributed by atoms with Crippen molar-refractivity contribution in [3.63, 3.8) is 0 Å². The average Bonchev–Trinajstić information content (AvgIpc) is 2.60. The molecular weight excluding hydrogens is 459 g/mol. The van der Waals surface area contributed by atoms with Gasteiger partial charge in [-0.25, -0.2) is 4.79 Å². The Labute approximate surface area is 179 Å². The van der Waals surface area contributed by atoms with Crippen LogP contribution < -0.4 is 15.4 Å². The first-order chi connectivity index (χ1) is 12.3. The number of hydrogen-bond donors (Lipinski definition) is 2. The molecule has 0 aliphatic heterocycles. The van der Waals surface area contributed by atoms with Crippen LogP contribution in [0.25, 0.3) is 0 Å². The van der Waals surface area contributed by atoms with E-state index in [0.29, 0.717) is 32.1 Å². The van der Waals surface area contributed by atoms with E-state index in [0.717, 1.165) is 11.3 Å². The van der Waals surface area contributed by atoms with Crippen molar-refractivity contribution in [1.29, 1.82) is 0 Å². The summed E-state index contributed by atoms with van der Waals surface area (Å²) in [5.41, 5.74) is 0.631. The molecule has 2 N–H and O–H groups in total. The van der Waals surface area contributed by atoms with Gasteiger partial charge in [0.15, 0.2) is 5.96 Å². The molecular formula is C19H33IN4O3. The van der Waals surface area contributed by atoms with Crippen LogP contribution in [0.3, 0.4) is 0 Å². The fraction of sp³-hybridized carbons (Fsp3) is 0.579. The number of benzene rings is 1. The first-order valence-corrected chi connectivity index (χ1v) is 8.84. The van der Waals surface area contributed by atoms with Crippen LogP contribution in [0.4, 0.5) is 4.79 Å². The second-order valence-electron chi connectivity index (χ2n) is 6.76. The van der Waals surface area contributed by atoms with Gasteiger partial charge in [0.2, 0.25) is 0 Å². The van der Waals surface area contributed by atoms with Crippen molar-refractivity contribution < 1.29 is 14.3 Å². The smallest absolute Gasteiger partial charge is 0.410 e. The minimum absolute atomic E-state index is 0. The van der Waals surface area contributed by atoms with E-state index in [4.69, 9.17) is 9.47 Å². The van der Waals surface area contributed by atoms with E-state index in [1.165, 1.54) is 0 Å². The van der Waals surface area contributed by atoms with Gasteiger partial charge in [0, 0.05) is 33.2 Å². The van der Waals surface area contributed by atoms with Gasteiger partial charge in [-0.15, -0.1) is 24.0 Å². The molecule has 0 radical (unpaired) electrons. The van der Waals surface area contributed by atoms with Gasteiger partial charge in [-0.05, 0) is 45.4 Å². The number of likely N-dealkylation sites (N-methyl/N-ethyl adjacent to an activating group) is 1. The molecule has 0 aliphatic carbocycles. The lowest BCUT2D eigenvalue weighted by molar-refractivity contribution is 0.0264. The molecule has 1 rings (SSSR count). The predicted molar refractivity (Wildman–Crippen MR) is 120 cm³/mol. The van der Waals surface area contributed by atoms with Crippen LogP contribution in [0, 0.1) is 0 Å².